The lowest BCUT2D eigenvalue weighted by Gasteiger charge is -2.28. The first kappa shape index (κ1) is 12.5. The normalized spacial score (nSPS) is 15.3. The molecule has 0 atom stereocenters. The molecule has 98 valence electrons. The van der Waals surface area contributed by atoms with Crippen LogP contribution in [0.2, 0.25) is 0 Å². The highest BCUT2D eigenvalue weighted by molar-refractivity contribution is 5.65. The van der Waals surface area contributed by atoms with Crippen molar-refractivity contribution < 1.29 is 0 Å². The maximum absolute atomic E-state index is 2.40. The van der Waals surface area contributed by atoms with Gasteiger partial charge in [0.25, 0.3) is 0 Å². The first-order valence-corrected chi connectivity index (χ1v) is 7.48. The van der Waals surface area contributed by atoms with E-state index in [9.17, 15) is 0 Å². The lowest BCUT2D eigenvalue weighted by atomic mass is 9.77. The van der Waals surface area contributed by atoms with Gasteiger partial charge in [-0.1, -0.05) is 61.4 Å². The first-order chi connectivity index (χ1) is 9.28. The summed E-state index contributed by atoms with van der Waals surface area (Å²) in [4.78, 5) is 0. The molecule has 1 aliphatic rings. The second-order valence-electron chi connectivity index (χ2n) is 5.76. The fourth-order valence-electron chi connectivity index (χ4n) is 2.96. The molecule has 0 bridgehead atoms. The minimum absolute atomic E-state index is 0.835. The summed E-state index contributed by atoms with van der Waals surface area (Å²) in [5.41, 5.74) is 7.17. The fourth-order valence-corrected chi connectivity index (χ4v) is 2.96. The molecule has 0 N–H and O–H groups in total. The Morgan fingerprint density at radius 2 is 1.63 bits per heavy atom. The highest BCUT2D eigenvalue weighted by Crippen LogP contribution is 2.39. The van der Waals surface area contributed by atoms with Crippen LogP contribution in [0.25, 0.3) is 11.1 Å². The number of benzene rings is 2. The van der Waals surface area contributed by atoms with Crippen molar-refractivity contribution in [3.05, 3.63) is 59.2 Å². The van der Waals surface area contributed by atoms with Crippen LogP contribution < -0.4 is 0 Å². The minimum Gasteiger partial charge on any atom is -0.0613 e. The van der Waals surface area contributed by atoms with E-state index in [1.165, 1.54) is 36.0 Å². The summed E-state index contributed by atoms with van der Waals surface area (Å²) in [6.45, 7) is 4.41. The van der Waals surface area contributed by atoms with Crippen molar-refractivity contribution in [2.75, 3.05) is 0 Å². The highest BCUT2D eigenvalue weighted by Gasteiger charge is 2.21. The van der Waals surface area contributed by atoms with Crippen LogP contribution in [-0.2, 0) is 6.42 Å². The maximum atomic E-state index is 2.40. The molecule has 0 unspecified atom stereocenters. The van der Waals surface area contributed by atoms with E-state index in [2.05, 4.69) is 56.3 Å². The van der Waals surface area contributed by atoms with E-state index >= 15 is 0 Å². The molecule has 0 spiro atoms. The van der Waals surface area contributed by atoms with Crippen molar-refractivity contribution in [3.8, 4) is 11.1 Å². The third-order valence-corrected chi connectivity index (χ3v) is 4.45. The Bertz CT molecular complexity index is 559. The molecule has 0 amide bonds. The zero-order valence-electron chi connectivity index (χ0n) is 11.9. The second kappa shape index (κ2) is 5.21. The van der Waals surface area contributed by atoms with Crippen molar-refractivity contribution in [2.24, 2.45) is 0 Å². The molecule has 1 aliphatic carbocycles. The molecule has 0 aliphatic heterocycles. The Morgan fingerprint density at radius 1 is 0.947 bits per heavy atom. The van der Waals surface area contributed by atoms with Gasteiger partial charge in [0.05, 0.1) is 0 Å². The average Bonchev–Trinajstić information content (AvgIpc) is 2.38. The zero-order chi connectivity index (χ0) is 13.2. The van der Waals surface area contributed by atoms with Crippen LogP contribution in [0.15, 0.2) is 42.5 Å². The SMILES string of the molecule is CCc1cc(-c2ccc(C)cc2)ccc1C1CCC1. The lowest BCUT2D eigenvalue weighted by molar-refractivity contribution is 0.417. The Balaban J connectivity index is 1.96. The number of aryl methyl sites for hydroxylation is 2. The Kier molecular flexibility index (Phi) is 3.42. The molecule has 2 aromatic carbocycles. The molecule has 0 radical (unpaired) electrons. The Morgan fingerprint density at radius 3 is 2.21 bits per heavy atom. The number of rotatable bonds is 3. The van der Waals surface area contributed by atoms with E-state index in [1.54, 1.807) is 11.1 Å². The molecule has 19 heavy (non-hydrogen) atoms. The van der Waals surface area contributed by atoms with E-state index < -0.39 is 0 Å². The van der Waals surface area contributed by atoms with Gasteiger partial charge < -0.3 is 0 Å². The van der Waals surface area contributed by atoms with Gasteiger partial charge in [0.1, 0.15) is 0 Å². The van der Waals surface area contributed by atoms with Crippen molar-refractivity contribution in [2.45, 2.75) is 45.4 Å². The van der Waals surface area contributed by atoms with Crippen molar-refractivity contribution >= 4 is 0 Å². The largest absolute Gasteiger partial charge is 0.0613 e. The van der Waals surface area contributed by atoms with Crippen LogP contribution in [0, 0.1) is 6.92 Å². The van der Waals surface area contributed by atoms with E-state index in [-0.39, 0.29) is 0 Å². The maximum Gasteiger partial charge on any atom is -0.0159 e. The molecule has 0 heterocycles. The van der Waals surface area contributed by atoms with Gasteiger partial charge in [-0.05, 0) is 54.4 Å². The van der Waals surface area contributed by atoms with Crippen LogP contribution in [0.4, 0.5) is 0 Å². The standard InChI is InChI=1S/C19H22/c1-3-15-13-18(16-9-7-14(2)8-10-16)11-12-19(15)17-5-4-6-17/h7-13,17H,3-6H2,1-2H3. The Labute approximate surface area is 116 Å². The third kappa shape index (κ3) is 2.45. The number of hydrogen-bond acceptors (Lipinski definition) is 0. The molecule has 1 saturated carbocycles. The monoisotopic (exact) mass is 250 g/mol. The van der Waals surface area contributed by atoms with E-state index in [0.29, 0.717) is 0 Å². The molecular formula is C19H22. The van der Waals surface area contributed by atoms with Gasteiger partial charge in [-0.15, -0.1) is 0 Å². The van der Waals surface area contributed by atoms with Crippen LogP contribution >= 0.6 is 0 Å². The molecule has 0 nitrogen and oxygen atoms in total. The first-order valence-electron chi connectivity index (χ1n) is 7.48. The predicted molar refractivity (Wildman–Crippen MR) is 82.6 cm³/mol. The summed E-state index contributed by atoms with van der Waals surface area (Å²) >= 11 is 0. The molecule has 0 saturated heterocycles. The molecule has 3 rings (SSSR count). The van der Waals surface area contributed by atoms with E-state index in [4.69, 9.17) is 0 Å². The van der Waals surface area contributed by atoms with Gasteiger partial charge in [-0.25, -0.2) is 0 Å². The summed E-state index contributed by atoms with van der Waals surface area (Å²) < 4.78 is 0. The van der Waals surface area contributed by atoms with Crippen molar-refractivity contribution in [3.63, 3.8) is 0 Å². The molecule has 0 heteroatoms. The second-order valence-corrected chi connectivity index (χ2v) is 5.76. The van der Waals surface area contributed by atoms with E-state index in [1.807, 2.05) is 0 Å². The topological polar surface area (TPSA) is 0 Å². The van der Waals surface area contributed by atoms with Crippen LogP contribution in [0.3, 0.4) is 0 Å². The van der Waals surface area contributed by atoms with Crippen LogP contribution in [-0.4, -0.2) is 0 Å². The minimum atomic E-state index is 0.835. The Hall–Kier alpha value is -1.56. The van der Waals surface area contributed by atoms with Crippen LogP contribution in [0.1, 0.15) is 48.8 Å². The van der Waals surface area contributed by atoms with Gasteiger partial charge in [0.2, 0.25) is 0 Å². The summed E-state index contributed by atoms with van der Waals surface area (Å²) in [6, 6.07) is 15.9. The number of hydrogen-bond donors (Lipinski definition) is 0. The van der Waals surface area contributed by atoms with Gasteiger partial charge >= 0.3 is 0 Å². The highest BCUT2D eigenvalue weighted by atomic mass is 14.3. The predicted octanol–water partition coefficient (Wildman–Crippen LogP) is 5.49. The summed E-state index contributed by atoms with van der Waals surface area (Å²) in [6.07, 6.45) is 5.33. The van der Waals surface area contributed by atoms with Crippen LogP contribution in [0.5, 0.6) is 0 Å². The van der Waals surface area contributed by atoms with Gasteiger partial charge in [0, 0.05) is 0 Å². The van der Waals surface area contributed by atoms with E-state index in [0.717, 1.165) is 12.3 Å². The zero-order valence-corrected chi connectivity index (χ0v) is 11.9. The molecule has 2 aromatic rings. The molecule has 1 fully saturated rings. The lowest BCUT2D eigenvalue weighted by Crippen LogP contribution is -2.11. The smallest absolute Gasteiger partial charge is 0.0159 e. The van der Waals surface area contributed by atoms with Gasteiger partial charge in [0.15, 0.2) is 0 Å². The third-order valence-electron chi connectivity index (χ3n) is 4.45. The summed E-state index contributed by atoms with van der Waals surface area (Å²) in [5, 5.41) is 0. The quantitative estimate of drug-likeness (QED) is 0.675. The van der Waals surface area contributed by atoms with Gasteiger partial charge in [-0.3, -0.25) is 0 Å². The van der Waals surface area contributed by atoms with Crippen molar-refractivity contribution in [1.29, 1.82) is 0 Å². The van der Waals surface area contributed by atoms with Crippen molar-refractivity contribution in [1.82, 2.24) is 0 Å². The molecular weight excluding hydrogens is 228 g/mol. The summed E-state index contributed by atoms with van der Waals surface area (Å²) in [7, 11) is 0. The molecule has 0 aromatic heterocycles. The summed E-state index contributed by atoms with van der Waals surface area (Å²) in [5.74, 6) is 0.835. The average molecular weight is 250 g/mol. The fraction of sp³-hybridized carbons (Fsp3) is 0.368. The van der Waals surface area contributed by atoms with Gasteiger partial charge in [-0.2, -0.15) is 0 Å².